The molecule has 1 aromatic carbocycles. The Labute approximate surface area is 143 Å². The van der Waals surface area contributed by atoms with Gasteiger partial charge in [0.05, 0.1) is 11.8 Å². The molecule has 2 bridgehead atoms. The Morgan fingerprint density at radius 3 is 2.08 bits per heavy atom. The van der Waals surface area contributed by atoms with E-state index in [1.54, 1.807) is 24.3 Å². The lowest BCUT2D eigenvalue weighted by atomic mass is 9.63. The van der Waals surface area contributed by atoms with Crippen molar-refractivity contribution in [2.75, 3.05) is 0 Å². The molecule has 1 aliphatic heterocycles. The fourth-order valence-electron chi connectivity index (χ4n) is 4.83. The van der Waals surface area contributed by atoms with E-state index in [9.17, 15) is 14.4 Å². The summed E-state index contributed by atoms with van der Waals surface area (Å²) in [6.07, 6.45) is 5.33. The van der Waals surface area contributed by atoms with Crippen LogP contribution in [0.3, 0.4) is 0 Å². The van der Waals surface area contributed by atoms with Crippen molar-refractivity contribution in [3.05, 3.63) is 47.0 Å². The summed E-state index contributed by atoms with van der Waals surface area (Å²) in [7, 11) is 0. The zero-order valence-corrected chi connectivity index (χ0v) is 13.4. The highest BCUT2D eigenvalue weighted by atomic mass is 35.5. The fourth-order valence-corrected chi connectivity index (χ4v) is 4.96. The number of amides is 3. The second kappa shape index (κ2) is 4.70. The summed E-state index contributed by atoms with van der Waals surface area (Å²) in [6.45, 7) is 0. The zero-order chi connectivity index (χ0) is 16.6. The second-order valence-corrected chi connectivity index (χ2v) is 7.55. The lowest BCUT2D eigenvalue weighted by Gasteiger charge is -2.37. The first-order chi connectivity index (χ1) is 11.6. The first-order valence-corrected chi connectivity index (χ1v) is 8.57. The van der Waals surface area contributed by atoms with Crippen LogP contribution in [0.1, 0.15) is 16.8 Å². The summed E-state index contributed by atoms with van der Waals surface area (Å²) < 4.78 is 0. The van der Waals surface area contributed by atoms with Gasteiger partial charge < -0.3 is 0 Å². The van der Waals surface area contributed by atoms with Gasteiger partial charge in [-0.3, -0.25) is 19.8 Å². The molecule has 1 heterocycles. The number of halogens is 1. The minimum absolute atomic E-state index is 0.152. The summed E-state index contributed by atoms with van der Waals surface area (Å²) in [5.74, 6) is -0.220. The van der Waals surface area contributed by atoms with Gasteiger partial charge in [0.25, 0.3) is 17.7 Å². The molecule has 1 N–H and O–H groups in total. The topological polar surface area (TPSA) is 66.5 Å². The lowest BCUT2D eigenvalue weighted by Crippen LogP contribution is -2.46. The van der Waals surface area contributed by atoms with E-state index in [2.05, 4.69) is 17.6 Å². The summed E-state index contributed by atoms with van der Waals surface area (Å²) in [5.41, 5.74) is 2.85. The van der Waals surface area contributed by atoms with Gasteiger partial charge in [-0.2, -0.15) is 5.01 Å². The Morgan fingerprint density at radius 1 is 1.00 bits per heavy atom. The van der Waals surface area contributed by atoms with Gasteiger partial charge in [-0.15, -0.1) is 0 Å². The number of rotatable bonds is 2. The minimum atomic E-state index is -0.475. The molecule has 0 spiro atoms. The van der Waals surface area contributed by atoms with Gasteiger partial charge in [0.15, 0.2) is 0 Å². The van der Waals surface area contributed by atoms with Crippen LogP contribution >= 0.6 is 11.6 Å². The van der Waals surface area contributed by atoms with Crippen molar-refractivity contribution >= 4 is 29.3 Å². The Morgan fingerprint density at radius 2 is 1.54 bits per heavy atom. The molecule has 0 radical (unpaired) electrons. The molecule has 6 rings (SSSR count). The SMILES string of the molecule is O=C(NN1C(=O)[C@H]2[C@@H]3C=C[C@@H]([C@H]4C[C@H]34)[C@@H]2C1=O)c1ccc(Cl)cc1. The summed E-state index contributed by atoms with van der Waals surface area (Å²) in [4.78, 5) is 37.9. The van der Waals surface area contributed by atoms with Crippen LogP contribution in [0.5, 0.6) is 0 Å². The standard InChI is InChI=1S/C18H15ClN2O3/c19-9-3-1-8(2-4-9)16(22)20-21-17(23)14-10-5-6-11(13-7-12(10)13)15(14)18(21)24/h1-6,10-15H,7H2,(H,20,22)/t10-,11+,12-,13-,14+,15+/m1/s1. The molecule has 6 atom stereocenters. The van der Waals surface area contributed by atoms with Gasteiger partial charge in [0.2, 0.25) is 0 Å². The summed E-state index contributed by atoms with van der Waals surface area (Å²) in [5, 5.41) is 1.47. The van der Waals surface area contributed by atoms with E-state index in [1.165, 1.54) is 0 Å². The lowest BCUT2D eigenvalue weighted by molar-refractivity contribution is -0.143. The molecule has 3 fully saturated rings. The van der Waals surface area contributed by atoms with E-state index < -0.39 is 5.91 Å². The molecule has 2 saturated carbocycles. The highest BCUT2D eigenvalue weighted by molar-refractivity contribution is 6.30. The van der Waals surface area contributed by atoms with Crippen molar-refractivity contribution in [3.63, 3.8) is 0 Å². The molecule has 0 aromatic heterocycles. The van der Waals surface area contributed by atoms with Gasteiger partial charge in [0.1, 0.15) is 0 Å². The van der Waals surface area contributed by atoms with Crippen LogP contribution in [0.4, 0.5) is 0 Å². The smallest absolute Gasteiger partial charge is 0.270 e. The van der Waals surface area contributed by atoms with Crippen LogP contribution < -0.4 is 5.43 Å². The third-order valence-electron chi connectivity index (χ3n) is 5.98. The quantitative estimate of drug-likeness (QED) is 0.660. The molecule has 1 aromatic rings. The van der Waals surface area contributed by atoms with Crippen LogP contribution in [0.25, 0.3) is 0 Å². The monoisotopic (exact) mass is 342 g/mol. The first kappa shape index (κ1) is 14.2. The number of nitrogens with zero attached hydrogens (tertiary/aromatic N) is 1. The number of hydrogen-bond acceptors (Lipinski definition) is 3. The maximum Gasteiger partial charge on any atom is 0.270 e. The van der Waals surface area contributed by atoms with Crippen LogP contribution in [-0.4, -0.2) is 22.7 Å². The highest BCUT2D eigenvalue weighted by Gasteiger charge is 2.67. The molecule has 3 amide bonds. The third-order valence-corrected chi connectivity index (χ3v) is 6.23. The van der Waals surface area contributed by atoms with E-state index in [-0.39, 0.29) is 35.5 Å². The number of carbonyl (C=O) groups is 3. The molecule has 5 aliphatic rings. The van der Waals surface area contributed by atoms with Crippen LogP contribution in [0.2, 0.25) is 5.02 Å². The normalized spacial score (nSPS) is 38.1. The molecule has 0 unspecified atom stereocenters. The number of allylic oxidation sites excluding steroid dienone is 2. The van der Waals surface area contributed by atoms with Crippen LogP contribution in [0, 0.1) is 35.5 Å². The average Bonchev–Trinajstić information content (AvgIpc) is 3.36. The van der Waals surface area contributed by atoms with Crippen molar-refractivity contribution in [2.24, 2.45) is 35.5 Å². The molecule has 1 saturated heterocycles. The minimum Gasteiger partial charge on any atom is -0.272 e. The fraction of sp³-hybridized carbons (Fsp3) is 0.389. The van der Waals surface area contributed by atoms with Gasteiger partial charge in [-0.1, -0.05) is 23.8 Å². The number of hydrogen-bond donors (Lipinski definition) is 1. The summed E-state index contributed by atoms with van der Waals surface area (Å²) >= 11 is 5.82. The Balaban J connectivity index is 1.40. The Kier molecular flexibility index (Phi) is 2.78. The Bertz CT molecular complexity index is 767. The molecule has 122 valence electrons. The van der Waals surface area contributed by atoms with Gasteiger partial charge >= 0.3 is 0 Å². The van der Waals surface area contributed by atoms with Crippen molar-refractivity contribution in [2.45, 2.75) is 6.42 Å². The van der Waals surface area contributed by atoms with Crippen molar-refractivity contribution in [1.29, 1.82) is 0 Å². The largest absolute Gasteiger partial charge is 0.272 e. The number of nitrogens with one attached hydrogen (secondary N) is 1. The summed E-state index contributed by atoms with van der Waals surface area (Å²) in [6, 6.07) is 6.33. The van der Waals surface area contributed by atoms with E-state index in [0.717, 1.165) is 11.4 Å². The van der Waals surface area contributed by atoms with Crippen LogP contribution in [-0.2, 0) is 9.59 Å². The molecular weight excluding hydrogens is 328 g/mol. The predicted molar refractivity (Wildman–Crippen MR) is 85.5 cm³/mol. The van der Waals surface area contributed by atoms with Crippen LogP contribution in [0.15, 0.2) is 36.4 Å². The maximum atomic E-state index is 12.8. The number of benzene rings is 1. The Hall–Kier alpha value is -2.14. The third kappa shape index (κ3) is 1.79. The van der Waals surface area contributed by atoms with E-state index in [0.29, 0.717) is 22.4 Å². The molecule has 24 heavy (non-hydrogen) atoms. The molecular formula is C18H15ClN2O3. The van der Waals surface area contributed by atoms with E-state index >= 15 is 0 Å². The molecule has 6 heteroatoms. The van der Waals surface area contributed by atoms with Crippen molar-refractivity contribution in [1.82, 2.24) is 10.4 Å². The van der Waals surface area contributed by atoms with E-state index in [1.807, 2.05) is 0 Å². The molecule has 4 aliphatic carbocycles. The number of imide groups is 1. The van der Waals surface area contributed by atoms with E-state index in [4.69, 9.17) is 11.6 Å². The van der Waals surface area contributed by atoms with Crippen molar-refractivity contribution in [3.8, 4) is 0 Å². The van der Waals surface area contributed by atoms with Crippen molar-refractivity contribution < 1.29 is 14.4 Å². The maximum absolute atomic E-state index is 12.8. The number of hydrazine groups is 1. The predicted octanol–water partition coefficient (Wildman–Crippen LogP) is 2.04. The second-order valence-electron chi connectivity index (χ2n) is 7.11. The first-order valence-electron chi connectivity index (χ1n) is 8.19. The zero-order valence-electron chi connectivity index (χ0n) is 12.7. The highest BCUT2D eigenvalue weighted by Crippen LogP contribution is 2.65. The molecule has 5 nitrogen and oxygen atoms in total. The number of carbonyl (C=O) groups excluding carboxylic acids is 3. The van der Waals surface area contributed by atoms with Gasteiger partial charge in [-0.25, -0.2) is 0 Å². The van der Waals surface area contributed by atoms with Gasteiger partial charge in [-0.05, 0) is 54.4 Å². The van der Waals surface area contributed by atoms with Gasteiger partial charge in [0, 0.05) is 10.6 Å². The average molecular weight is 343 g/mol.